The van der Waals surface area contributed by atoms with E-state index in [4.69, 9.17) is 8.92 Å². The van der Waals surface area contributed by atoms with Crippen molar-refractivity contribution in [3.8, 4) is 0 Å². The largest absolute Gasteiger partial charge is 0.376 e. The van der Waals surface area contributed by atoms with E-state index in [9.17, 15) is 8.42 Å². The molecule has 0 saturated heterocycles. The Bertz CT molecular complexity index is 951. The highest BCUT2D eigenvalue weighted by atomic mass is 32.2. The predicted octanol–water partition coefficient (Wildman–Crippen LogP) is 5.92. The van der Waals surface area contributed by atoms with Crippen LogP contribution in [0.2, 0.25) is 0 Å². The maximum absolute atomic E-state index is 12.8. The van der Waals surface area contributed by atoms with Crippen molar-refractivity contribution in [2.45, 2.75) is 51.5 Å². The second kappa shape index (κ2) is 10.6. The van der Waals surface area contributed by atoms with Gasteiger partial charge >= 0.3 is 0 Å². The fourth-order valence-corrected chi connectivity index (χ4v) is 5.27. The highest BCUT2D eigenvalue weighted by Gasteiger charge is 2.37. The molecular formula is C26H34O4S. The Morgan fingerprint density at radius 1 is 1.03 bits per heavy atom. The van der Waals surface area contributed by atoms with Crippen molar-refractivity contribution in [1.82, 2.24) is 0 Å². The molecule has 0 N–H and O–H groups in total. The molecule has 0 aromatic heterocycles. The first-order chi connectivity index (χ1) is 14.8. The molecular weight excluding hydrogens is 408 g/mol. The van der Waals surface area contributed by atoms with Crippen molar-refractivity contribution >= 4 is 10.1 Å². The van der Waals surface area contributed by atoms with E-state index in [0.717, 1.165) is 30.4 Å². The van der Waals surface area contributed by atoms with Gasteiger partial charge in [0.1, 0.15) is 0 Å². The first-order valence-electron chi connectivity index (χ1n) is 11.1. The molecule has 0 radical (unpaired) electrons. The van der Waals surface area contributed by atoms with E-state index in [2.05, 4.69) is 26.0 Å². The zero-order valence-corrected chi connectivity index (χ0v) is 19.6. The van der Waals surface area contributed by atoms with E-state index < -0.39 is 10.1 Å². The molecule has 3 atom stereocenters. The predicted molar refractivity (Wildman–Crippen MR) is 124 cm³/mol. The van der Waals surface area contributed by atoms with Crippen molar-refractivity contribution < 1.29 is 17.3 Å². The Kier molecular flexibility index (Phi) is 8.09. The molecule has 0 fully saturated rings. The fraction of sp³-hybridized carbons (Fsp3) is 0.462. The van der Waals surface area contributed by atoms with Crippen LogP contribution in [0.3, 0.4) is 0 Å². The monoisotopic (exact) mass is 442 g/mol. The molecule has 1 aliphatic rings. The molecule has 0 spiro atoms. The summed E-state index contributed by atoms with van der Waals surface area (Å²) in [6.07, 6.45) is 7.65. The van der Waals surface area contributed by atoms with Gasteiger partial charge in [-0.2, -0.15) is 8.42 Å². The third kappa shape index (κ3) is 6.52. The molecule has 5 heteroatoms. The molecule has 4 nitrogen and oxygen atoms in total. The SMILES string of the molecule is Cc1ccc(S(=O)(=O)OC[C@H]([C@@H](C)COCc2ccccc2)[C@]2(C)C=CCCC2)cc1. The van der Waals surface area contributed by atoms with Gasteiger partial charge in [0.2, 0.25) is 0 Å². The molecule has 2 aromatic carbocycles. The molecule has 1 aliphatic carbocycles. The maximum atomic E-state index is 12.8. The maximum Gasteiger partial charge on any atom is 0.296 e. The van der Waals surface area contributed by atoms with Crippen molar-refractivity contribution in [2.75, 3.05) is 13.2 Å². The van der Waals surface area contributed by atoms with Gasteiger partial charge in [0, 0.05) is 6.61 Å². The molecule has 2 aromatic rings. The Labute approximate surface area is 187 Å². The molecule has 0 bridgehead atoms. The summed E-state index contributed by atoms with van der Waals surface area (Å²) in [6.45, 7) is 7.52. The van der Waals surface area contributed by atoms with E-state index in [1.165, 1.54) is 0 Å². The van der Waals surface area contributed by atoms with Crippen LogP contribution in [0.15, 0.2) is 71.6 Å². The number of hydrogen-bond donors (Lipinski definition) is 0. The lowest BCUT2D eigenvalue weighted by molar-refractivity contribution is 0.0230. The van der Waals surface area contributed by atoms with Gasteiger partial charge in [0.15, 0.2) is 0 Å². The highest BCUT2D eigenvalue weighted by molar-refractivity contribution is 7.86. The Morgan fingerprint density at radius 3 is 2.39 bits per heavy atom. The van der Waals surface area contributed by atoms with E-state index in [-0.39, 0.29) is 28.8 Å². The summed E-state index contributed by atoms with van der Waals surface area (Å²) >= 11 is 0. The molecule has 0 saturated carbocycles. The van der Waals surface area contributed by atoms with Crippen LogP contribution >= 0.6 is 0 Å². The lowest BCUT2D eigenvalue weighted by Gasteiger charge is -2.40. The normalized spacial score (nSPS) is 21.0. The van der Waals surface area contributed by atoms with Crippen LogP contribution in [0.1, 0.15) is 44.2 Å². The second-order valence-corrected chi connectivity index (χ2v) is 10.6. The topological polar surface area (TPSA) is 52.6 Å². The quantitative estimate of drug-likeness (QED) is 0.339. The van der Waals surface area contributed by atoms with Gasteiger partial charge in [-0.3, -0.25) is 4.18 Å². The van der Waals surface area contributed by atoms with Crippen LogP contribution in [0.5, 0.6) is 0 Å². The van der Waals surface area contributed by atoms with Gasteiger partial charge in [0.05, 0.1) is 18.1 Å². The van der Waals surface area contributed by atoms with Gasteiger partial charge in [-0.1, -0.05) is 74.0 Å². The first kappa shape index (κ1) is 23.7. The first-order valence-corrected chi connectivity index (χ1v) is 12.5. The van der Waals surface area contributed by atoms with Crippen molar-refractivity contribution in [3.63, 3.8) is 0 Å². The van der Waals surface area contributed by atoms with Crippen molar-refractivity contribution in [2.24, 2.45) is 17.3 Å². The summed E-state index contributed by atoms with van der Waals surface area (Å²) in [6, 6.07) is 16.9. The van der Waals surface area contributed by atoms with Gasteiger partial charge < -0.3 is 4.74 Å². The Morgan fingerprint density at radius 2 is 1.74 bits per heavy atom. The molecule has 0 heterocycles. The van der Waals surface area contributed by atoms with Gasteiger partial charge in [-0.15, -0.1) is 0 Å². The van der Waals surface area contributed by atoms with Crippen LogP contribution in [-0.4, -0.2) is 21.6 Å². The zero-order chi connectivity index (χ0) is 22.3. The van der Waals surface area contributed by atoms with E-state index in [1.54, 1.807) is 24.3 Å². The zero-order valence-electron chi connectivity index (χ0n) is 18.8. The standard InChI is InChI=1S/C26H34O4S/c1-21-12-14-24(15-13-21)31(27,28)30-20-25(26(3)16-8-5-9-17-26)22(2)18-29-19-23-10-6-4-7-11-23/h4,6-8,10-16,22,25H,5,9,17-20H2,1-3H3/t22-,25+,26+/m0/s1. The summed E-state index contributed by atoms with van der Waals surface area (Å²) < 4.78 is 37.2. The van der Waals surface area contributed by atoms with E-state index in [0.29, 0.717) is 13.2 Å². The van der Waals surface area contributed by atoms with Crippen molar-refractivity contribution in [3.05, 3.63) is 77.9 Å². The third-order valence-corrected chi connectivity index (χ3v) is 7.62. The van der Waals surface area contributed by atoms with Crippen LogP contribution in [0, 0.1) is 24.2 Å². The van der Waals surface area contributed by atoms with Gasteiger partial charge in [-0.25, -0.2) is 0 Å². The second-order valence-electron chi connectivity index (χ2n) is 8.94. The van der Waals surface area contributed by atoms with E-state index >= 15 is 0 Å². The van der Waals surface area contributed by atoms with Gasteiger partial charge in [0.25, 0.3) is 10.1 Å². The number of allylic oxidation sites excluding steroid dienone is 2. The summed E-state index contributed by atoms with van der Waals surface area (Å²) in [5.41, 5.74) is 2.03. The van der Waals surface area contributed by atoms with Crippen LogP contribution in [0.4, 0.5) is 0 Å². The van der Waals surface area contributed by atoms with Crippen LogP contribution < -0.4 is 0 Å². The average molecular weight is 443 g/mol. The highest BCUT2D eigenvalue weighted by Crippen LogP contribution is 2.42. The minimum Gasteiger partial charge on any atom is -0.376 e. The van der Waals surface area contributed by atoms with Crippen LogP contribution in [0.25, 0.3) is 0 Å². The Balaban J connectivity index is 1.69. The minimum atomic E-state index is -3.80. The summed E-state index contributed by atoms with van der Waals surface area (Å²) in [7, 11) is -3.80. The molecule has 3 rings (SSSR count). The third-order valence-electron chi connectivity index (χ3n) is 6.32. The number of hydrogen-bond acceptors (Lipinski definition) is 4. The molecule has 31 heavy (non-hydrogen) atoms. The molecule has 0 amide bonds. The summed E-state index contributed by atoms with van der Waals surface area (Å²) in [5, 5.41) is 0. The summed E-state index contributed by atoms with van der Waals surface area (Å²) in [5.74, 6) is 0.171. The molecule has 168 valence electrons. The number of ether oxygens (including phenoxy) is 1. The van der Waals surface area contributed by atoms with Gasteiger partial charge in [-0.05, 0) is 61.1 Å². The van der Waals surface area contributed by atoms with E-state index in [1.807, 2.05) is 37.3 Å². The number of aryl methyl sites for hydroxylation is 1. The minimum absolute atomic E-state index is 0.0278. The lowest BCUT2D eigenvalue weighted by atomic mass is 9.67. The number of rotatable bonds is 10. The average Bonchev–Trinajstić information content (AvgIpc) is 2.75. The van der Waals surface area contributed by atoms with Crippen LogP contribution in [-0.2, 0) is 25.6 Å². The molecule has 0 unspecified atom stereocenters. The molecule has 0 aliphatic heterocycles. The number of benzene rings is 2. The Hall–Kier alpha value is -1.95. The lowest BCUT2D eigenvalue weighted by Crippen LogP contribution is -2.37. The summed E-state index contributed by atoms with van der Waals surface area (Å²) in [4.78, 5) is 0.203. The van der Waals surface area contributed by atoms with Crippen molar-refractivity contribution in [1.29, 1.82) is 0 Å². The smallest absolute Gasteiger partial charge is 0.296 e. The fourth-order valence-electron chi connectivity index (χ4n) is 4.34.